The topological polar surface area (TPSA) is 52.9 Å². The highest BCUT2D eigenvalue weighted by molar-refractivity contribution is 6.17. The van der Waals surface area contributed by atoms with E-state index in [2.05, 4.69) is 5.32 Å². The highest BCUT2D eigenvalue weighted by Crippen LogP contribution is 2.15. The number of hydrogen-bond donors (Lipinski definition) is 1. The fraction of sp³-hybridized carbons (Fsp3) is 0.0667. The lowest BCUT2D eigenvalue weighted by Gasteiger charge is -2.07. The number of nitrogens with zero attached hydrogens (tertiary/aromatic N) is 1. The van der Waals surface area contributed by atoms with Gasteiger partial charge in [-0.15, -0.1) is 11.6 Å². The van der Waals surface area contributed by atoms with Crippen LogP contribution in [0.1, 0.15) is 21.5 Å². The van der Waals surface area contributed by atoms with Gasteiger partial charge in [0, 0.05) is 11.4 Å². The van der Waals surface area contributed by atoms with E-state index in [0.29, 0.717) is 22.7 Å². The number of alkyl halides is 1. The second-order valence-corrected chi connectivity index (χ2v) is 4.21. The first-order valence-corrected chi connectivity index (χ1v) is 6.23. The lowest BCUT2D eigenvalue weighted by molar-refractivity contribution is 0.102. The third-order valence-electron chi connectivity index (χ3n) is 2.67. The second kappa shape index (κ2) is 6.03. The number of anilines is 1. The largest absolute Gasteiger partial charge is 0.321 e. The van der Waals surface area contributed by atoms with E-state index in [9.17, 15) is 4.79 Å². The molecule has 0 heterocycles. The summed E-state index contributed by atoms with van der Waals surface area (Å²) < 4.78 is 0. The molecule has 0 bridgehead atoms. The van der Waals surface area contributed by atoms with Crippen molar-refractivity contribution in [3.05, 3.63) is 65.2 Å². The van der Waals surface area contributed by atoms with Gasteiger partial charge in [-0.1, -0.05) is 24.3 Å². The van der Waals surface area contributed by atoms with Gasteiger partial charge in [0.15, 0.2) is 0 Å². The Hall–Kier alpha value is -2.31. The quantitative estimate of drug-likeness (QED) is 0.867. The molecule has 1 N–H and O–H groups in total. The Morgan fingerprint density at radius 2 is 1.84 bits per heavy atom. The predicted octanol–water partition coefficient (Wildman–Crippen LogP) is 3.55. The molecule has 0 atom stereocenters. The summed E-state index contributed by atoms with van der Waals surface area (Å²) in [4.78, 5) is 12.0. The standard InChI is InChI=1S/C15H11ClN2O/c16-9-11-5-7-12(8-6-11)15(19)18-14-4-2-1-3-13(14)10-17/h1-8H,9H2,(H,18,19). The summed E-state index contributed by atoms with van der Waals surface area (Å²) in [5.41, 5.74) is 2.43. The normalized spacial score (nSPS) is 9.68. The number of hydrogen-bond acceptors (Lipinski definition) is 2. The molecule has 0 saturated carbocycles. The molecule has 2 rings (SSSR count). The van der Waals surface area contributed by atoms with Gasteiger partial charge in [0.1, 0.15) is 6.07 Å². The third kappa shape index (κ3) is 3.12. The highest BCUT2D eigenvalue weighted by atomic mass is 35.5. The molecular formula is C15H11ClN2O. The lowest BCUT2D eigenvalue weighted by atomic mass is 10.1. The SMILES string of the molecule is N#Cc1ccccc1NC(=O)c1ccc(CCl)cc1. The van der Waals surface area contributed by atoms with Crippen molar-refractivity contribution in [3.63, 3.8) is 0 Å². The Bertz CT molecular complexity index is 629. The number of nitriles is 1. The molecule has 2 aromatic carbocycles. The number of carbonyl (C=O) groups is 1. The van der Waals surface area contributed by atoms with Gasteiger partial charge in [-0.3, -0.25) is 4.79 Å². The van der Waals surface area contributed by atoms with Gasteiger partial charge in [0.05, 0.1) is 11.3 Å². The van der Waals surface area contributed by atoms with Gasteiger partial charge >= 0.3 is 0 Å². The smallest absolute Gasteiger partial charge is 0.255 e. The average Bonchev–Trinajstić information content (AvgIpc) is 2.48. The van der Waals surface area contributed by atoms with Crippen LogP contribution in [0.5, 0.6) is 0 Å². The van der Waals surface area contributed by atoms with Gasteiger partial charge in [0.2, 0.25) is 0 Å². The molecule has 0 fully saturated rings. The van der Waals surface area contributed by atoms with Crippen molar-refractivity contribution < 1.29 is 4.79 Å². The fourth-order valence-corrected chi connectivity index (χ4v) is 1.81. The summed E-state index contributed by atoms with van der Waals surface area (Å²) >= 11 is 5.69. The monoisotopic (exact) mass is 270 g/mol. The van der Waals surface area contributed by atoms with Crippen molar-refractivity contribution in [1.29, 1.82) is 5.26 Å². The van der Waals surface area contributed by atoms with Crippen LogP contribution in [-0.4, -0.2) is 5.91 Å². The number of para-hydroxylation sites is 1. The number of amides is 1. The Kier molecular flexibility index (Phi) is 4.17. The van der Waals surface area contributed by atoms with Crippen molar-refractivity contribution in [2.24, 2.45) is 0 Å². The van der Waals surface area contributed by atoms with Crippen LogP contribution in [0.2, 0.25) is 0 Å². The Morgan fingerprint density at radius 1 is 1.16 bits per heavy atom. The molecule has 2 aromatic rings. The average molecular weight is 271 g/mol. The van der Waals surface area contributed by atoms with E-state index < -0.39 is 0 Å². The molecule has 0 aliphatic heterocycles. The first-order valence-electron chi connectivity index (χ1n) is 5.70. The lowest BCUT2D eigenvalue weighted by Crippen LogP contribution is -2.12. The van der Waals surface area contributed by atoms with Crippen LogP contribution in [0.25, 0.3) is 0 Å². The van der Waals surface area contributed by atoms with Crippen LogP contribution in [0.4, 0.5) is 5.69 Å². The molecule has 0 aliphatic rings. The van der Waals surface area contributed by atoms with Crippen molar-refractivity contribution >= 4 is 23.2 Å². The zero-order valence-corrected chi connectivity index (χ0v) is 10.8. The van der Waals surface area contributed by atoms with E-state index in [-0.39, 0.29) is 5.91 Å². The Labute approximate surface area is 116 Å². The van der Waals surface area contributed by atoms with Gasteiger partial charge in [-0.2, -0.15) is 5.26 Å². The summed E-state index contributed by atoms with van der Waals surface area (Å²) in [5, 5.41) is 11.7. The molecule has 0 unspecified atom stereocenters. The van der Waals surface area contributed by atoms with Crippen LogP contribution < -0.4 is 5.32 Å². The second-order valence-electron chi connectivity index (χ2n) is 3.94. The van der Waals surface area contributed by atoms with E-state index in [1.165, 1.54) is 0 Å². The Balaban J connectivity index is 2.18. The Morgan fingerprint density at radius 3 is 2.47 bits per heavy atom. The third-order valence-corrected chi connectivity index (χ3v) is 2.97. The van der Waals surface area contributed by atoms with Crippen molar-refractivity contribution in [1.82, 2.24) is 0 Å². The van der Waals surface area contributed by atoms with E-state index in [1.807, 2.05) is 6.07 Å². The maximum atomic E-state index is 12.0. The van der Waals surface area contributed by atoms with Gasteiger partial charge in [-0.05, 0) is 29.8 Å². The van der Waals surface area contributed by atoms with Crippen molar-refractivity contribution in [2.45, 2.75) is 5.88 Å². The molecule has 0 saturated heterocycles. The summed E-state index contributed by atoms with van der Waals surface area (Å²) in [6, 6.07) is 15.9. The van der Waals surface area contributed by atoms with E-state index >= 15 is 0 Å². The van der Waals surface area contributed by atoms with E-state index in [0.717, 1.165) is 5.56 Å². The molecule has 19 heavy (non-hydrogen) atoms. The number of rotatable bonds is 3. The molecule has 0 radical (unpaired) electrons. The molecule has 0 aliphatic carbocycles. The molecular weight excluding hydrogens is 260 g/mol. The molecule has 0 aromatic heterocycles. The number of benzene rings is 2. The number of halogens is 1. The minimum Gasteiger partial charge on any atom is -0.321 e. The van der Waals surface area contributed by atoms with E-state index in [4.69, 9.17) is 16.9 Å². The minimum atomic E-state index is -0.246. The fourth-order valence-electron chi connectivity index (χ4n) is 1.63. The predicted molar refractivity (Wildman–Crippen MR) is 75.1 cm³/mol. The van der Waals surface area contributed by atoms with Crippen LogP contribution in [0.3, 0.4) is 0 Å². The van der Waals surface area contributed by atoms with Crippen molar-refractivity contribution in [3.8, 4) is 6.07 Å². The molecule has 94 valence electrons. The summed E-state index contributed by atoms with van der Waals surface area (Å²) in [5.74, 6) is 0.169. The highest BCUT2D eigenvalue weighted by Gasteiger charge is 2.08. The van der Waals surface area contributed by atoms with Gasteiger partial charge in [-0.25, -0.2) is 0 Å². The first kappa shape index (κ1) is 13.1. The van der Waals surface area contributed by atoms with E-state index in [1.54, 1.807) is 48.5 Å². The van der Waals surface area contributed by atoms with Crippen LogP contribution in [0, 0.1) is 11.3 Å². The first-order chi connectivity index (χ1) is 9.24. The summed E-state index contributed by atoms with van der Waals surface area (Å²) in [6.45, 7) is 0. The van der Waals surface area contributed by atoms with Gasteiger partial charge in [0.25, 0.3) is 5.91 Å². The maximum Gasteiger partial charge on any atom is 0.255 e. The van der Waals surface area contributed by atoms with Crippen LogP contribution >= 0.6 is 11.6 Å². The molecule has 3 nitrogen and oxygen atoms in total. The molecule has 1 amide bonds. The molecule has 0 spiro atoms. The summed E-state index contributed by atoms with van der Waals surface area (Å²) in [7, 11) is 0. The molecule has 4 heteroatoms. The summed E-state index contributed by atoms with van der Waals surface area (Å²) in [6.07, 6.45) is 0. The zero-order chi connectivity index (χ0) is 13.7. The minimum absolute atomic E-state index is 0.246. The number of nitrogens with one attached hydrogen (secondary N) is 1. The van der Waals surface area contributed by atoms with Crippen LogP contribution in [0.15, 0.2) is 48.5 Å². The van der Waals surface area contributed by atoms with Crippen molar-refractivity contribution in [2.75, 3.05) is 5.32 Å². The van der Waals surface area contributed by atoms with Crippen LogP contribution in [-0.2, 0) is 5.88 Å². The zero-order valence-electron chi connectivity index (χ0n) is 10.1. The maximum absolute atomic E-state index is 12.0. The van der Waals surface area contributed by atoms with Gasteiger partial charge < -0.3 is 5.32 Å². The number of carbonyl (C=O) groups excluding carboxylic acids is 1.